The molecule has 124 valence electrons. The van der Waals surface area contributed by atoms with Gasteiger partial charge < -0.3 is 5.73 Å². The minimum absolute atomic E-state index is 0.0326. The molecule has 0 saturated carbocycles. The zero-order valence-electron chi connectivity index (χ0n) is 12.2. The van der Waals surface area contributed by atoms with Crippen molar-refractivity contribution in [3.05, 3.63) is 47.7 Å². The summed E-state index contributed by atoms with van der Waals surface area (Å²) in [5, 5.41) is 0. The first-order valence-electron chi connectivity index (χ1n) is 6.70. The Kier molecular flexibility index (Phi) is 3.51. The first-order chi connectivity index (χ1) is 11.2. The monoisotopic (exact) mass is 338 g/mol. The summed E-state index contributed by atoms with van der Waals surface area (Å²) in [6.45, 7) is 1.30. The topological polar surface area (TPSA) is 73.3 Å². The fourth-order valence-electron chi connectivity index (χ4n) is 2.29. The Labute approximate surface area is 132 Å². The standard InChI is InChI=1S/C15H10F4N4O/c1-7(24)8-2-3-10(16)9(4-8)11-5-21-14-13(20)22-12(6-23(11)14)15(17,18)19/h2-6H,1H3,(H2,20,22). The average molecular weight is 338 g/mol. The van der Waals surface area contributed by atoms with E-state index in [-0.39, 0.29) is 28.3 Å². The lowest BCUT2D eigenvalue weighted by molar-refractivity contribution is -0.141. The summed E-state index contributed by atoms with van der Waals surface area (Å²) in [6, 6.07) is 3.62. The molecule has 9 heteroatoms. The number of rotatable bonds is 2. The van der Waals surface area contributed by atoms with Crippen LogP contribution in [0.5, 0.6) is 0 Å². The molecule has 2 N–H and O–H groups in total. The molecule has 0 aliphatic carbocycles. The van der Waals surface area contributed by atoms with Crippen LogP contribution < -0.4 is 5.73 Å². The smallest absolute Gasteiger partial charge is 0.381 e. The number of hydrogen-bond donors (Lipinski definition) is 1. The third-order valence-corrected chi connectivity index (χ3v) is 3.46. The van der Waals surface area contributed by atoms with E-state index in [2.05, 4.69) is 9.97 Å². The lowest BCUT2D eigenvalue weighted by Crippen LogP contribution is -2.12. The molecule has 3 aromatic rings. The molecule has 2 heterocycles. The van der Waals surface area contributed by atoms with E-state index in [1.54, 1.807) is 0 Å². The Morgan fingerprint density at radius 2 is 2.00 bits per heavy atom. The molecule has 0 aliphatic rings. The highest BCUT2D eigenvalue weighted by Crippen LogP contribution is 2.32. The fourth-order valence-corrected chi connectivity index (χ4v) is 2.29. The van der Waals surface area contributed by atoms with Crippen molar-refractivity contribution >= 4 is 17.2 Å². The van der Waals surface area contributed by atoms with Gasteiger partial charge in [0.15, 0.2) is 22.9 Å². The van der Waals surface area contributed by atoms with Gasteiger partial charge in [0.1, 0.15) is 5.82 Å². The van der Waals surface area contributed by atoms with Crippen molar-refractivity contribution in [1.29, 1.82) is 0 Å². The van der Waals surface area contributed by atoms with Crippen LogP contribution in [0.3, 0.4) is 0 Å². The number of imidazole rings is 1. The molecule has 0 fully saturated rings. The van der Waals surface area contributed by atoms with Gasteiger partial charge >= 0.3 is 6.18 Å². The molecule has 0 amide bonds. The summed E-state index contributed by atoms with van der Waals surface area (Å²) < 4.78 is 53.9. The van der Waals surface area contributed by atoms with E-state index in [1.807, 2.05) is 0 Å². The second kappa shape index (κ2) is 5.29. The number of aromatic nitrogens is 3. The van der Waals surface area contributed by atoms with Gasteiger partial charge in [0.05, 0.1) is 11.9 Å². The number of Topliss-reactive ketones (excluding diaryl/α,β-unsaturated/α-hetero) is 1. The zero-order chi connectivity index (χ0) is 17.6. The fraction of sp³-hybridized carbons (Fsp3) is 0.133. The van der Waals surface area contributed by atoms with Crippen LogP contribution in [0.25, 0.3) is 16.9 Å². The molecule has 0 radical (unpaired) electrons. The highest BCUT2D eigenvalue weighted by atomic mass is 19.4. The Balaban J connectivity index is 2.30. The van der Waals surface area contributed by atoms with Crippen molar-refractivity contribution in [3.8, 4) is 11.3 Å². The number of carbonyl (C=O) groups excluding carboxylic acids is 1. The molecule has 3 rings (SSSR count). The predicted octanol–water partition coefficient (Wildman–Crippen LogP) is 3.34. The molecule has 0 bridgehead atoms. The molecular formula is C15H10F4N4O. The van der Waals surface area contributed by atoms with Crippen LogP contribution in [0.15, 0.2) is 30.6 Å². The number of ketones is 1. The first-order valence-corrected chi connectivity index (χ1v) is 6.70. The quantitative estimate of drug-likeness (QED) is 0.574. The minimum Gasteiger partial charge on any atom is -0.381 e. The highest BCUT2D eigenvalue weighted by Gasteiger charge is 2.34. The molecule has 0 unspecified atom stereocenters. The van der Waals surface area contributed by atoms with E-state index in [0.717, 1.165) is 10.5 Å². The van der Waals surface area contributed by atoms with Crippen molar-refractivity contribution < 1.29 is 22.4 Å². The van der Waals surface area contributed by atoms with Crippen LogP contribution >= 0.6 is 0 Å². The van der Waals surface area contributed by atoms with Crippen molar-refractivity contribution in [2.24, 2.45) is 0 Å². The number of alkyl halides is 3. The number of nitrogen functional groups attached to an aromatic ring is 1. The maximum Gasteiger partial charge on any atom is 0.434 e. The molecule has 1 aromatic carbocycles. The summed E-state index contributed by atoms with van der Waals surface area (Å²) in [4.78, 5) is 18.6. The van der Waals surface area contributed by atoms with Gasteiger partial charge in [-0.05, 0) is 25.1 Å². The van der Waals surface area contributed by atoms with Crippen molar-refractivity contribution in [2.75, 3.05) is 5.73 Å². The summed E-state index contributed by atoms with van der Waals surface area (Å²) in [5.41, 5.74) is 4.45. The van der Waals surface area contributed by atoms with Gasteiger partial charge in [0.25, 0.3) is 0 Å². The van der Waals surface area contributed by atoms with Gasteiger partial charge in [-0.15, -0.1) is 0 Å². The zero-order valence-corrected chi connectivity index (χ0v) is 12.2. The third-order valence-electron chi connectivity index (χ3n) is 3.46. The molecule has 24 heavy (non-hydrogen) atoms. The number of nitrogens with two attached hydrogens (primary N) is 1. The number of hydrogen-bond acceptors (Lipinski definition) is 4. The molecule has 0 aliphatic heterocycles. The molecule has 2 aromatic heterocycles. The SMILES string of the molecule is CC(=O)c1ccc(F)c(-c2cnc3c(N)nc(C(F)(F)F)cn23)c1. The highest BCUT2D eigenvalue weighted by molar-refractivity contribution is 5.95. The van der Waals surface area contributed by atoms with E-state index < -0.39 is 23.5 Å². The van der Waals surface area contributed by atoms with E-state index in [9.17, 15) is 22.4 Å². The van der Waals surface area contributed by atoms with Gasteiger partial charge in [-0.25, -0.2) is 14.4 Å². The molecular weight excluding hydrogens is 328 g/mol. The molecule has 0 atom stereocenters. The Morgan fingerprint density at radius 1 is 1.29 bits per heavy atom. The van der Waals surface area contributed by atoms with Crippen molar-refractivity contribution in [2.45, 2.75) is 13.1 Å². The Morgan fingerprint density at radius 3 is 2.62 bits per heavy atom. The van der Waals surface area contributed by atoms with Gasteiger partial charge in [0.2, 0.25) is 0 Å². The molecule has 0 saturated heterocycles. The van der Waals surface area contributed by atoms with Crippen LogP contribution in [-0.4, -0.2) is 20.2 Å². The molecule has 0 spiro atoms. The van der Waals surface area contributed by atoms with Crippen LogP contribution in [0, 0.1) is 5.82 Å². The van der Waals surface area contributed by atoms with Crippen LogP contribution in [0.4, 0.5) is 23.4 Å². The van der Waals surface area contributed by atoms with Gasteiger partial charge in [-0.3, -0.25) is 9.20 Å². The van der Waals surface area contributed by atoms with E-state index >= 15 is 0 Å². The van der Waals surface area contributed by atoms with Crippen molar-refractivity contribution in [1.82, 2.24) is 14.4 Å². The van der Waals surface area contributed by atoms with Gasteiger partial charge in [0, 0.05) is 17.3 Å². The average Bonchev–Trinajstić information content (AvgIpc) is 2.91. The number of carbonyl (C=O) groups is 1. The number of fused-ring (bicyclic) bond motifs is 1. The number of nitrogens with zero attached hydrogens (tertiary/aromatic N) is 3. The Bertz CT molecular complexity index is 962. The summed E-state index contributed by atoms with van der Waals surface area (Å²) >= 11 is 0. The summed E-state index contributed by atoms with van der Waals surface area (Å²) in [7, 11) is 0. The second-order valence-electron chi connectivity index (χ2n) is 5.10. The minimum atomic E-state index is -4.72. The number of halogens is 4. The maximum atomic E-state index is 14.1. The van der Waals surface area contributed by atoms with Crippen LogP contribution in [-0.2, 0) is 6.18 Å². The third kappa shape index (κ3) is 2.57. The van der Waals surface area contributed by atoms with E-state index in [1.165, 1.54) is 25.3 Å². The molecule has 5 nitrogen and oxygen atoms in total. The lowest BCUT2D eigenvalue weighted by atomic mass is 10.1. The lowest BCUT2D eigenvalue weighted by Gasteiger charge is -2.10. The van der Waals surface area contributed by atoms with E-state index in [0.29, 0.717) is 6.20 Å². The number of anilines is 1. The summed E-state index contributed by atoms with van der Waals surface area (Å²) in [5.74, 6) is -1.44. The summed E-state index contributed by atoms with van der Waals surface area (Å²) in [6.07, 6.45) is -2.85. The van der Waals surface area contributed by atoms with Crippen LogP contribution in [0.1, 0.15) is 23.0 Å². The van der Waals surface area contributed by atoms with E-state index in [4.69, 9.17) is 5.73 Å². The van der Waals surface area contributed by atoms with Crippen molar-refractivity contribution in [3.63, 3.8) is 0 Å². The predicted molar refractivity (Wildman–Crippen MR) is 77.8 cm³/mol. The normalized spacial score (nSPS) is 11.9. The second-order valence-corrected chi connectivity index (χ2v) is 5.10. The largest absolute Gasteiger partial charge is 0.434 e. The van der Waals surface area contributed by atoms with Gasteiger partial charge in [-0.2, -0.15) is 13.2 Å². The first kappa shape index (κ1) is 15.9. The maximum absolute atomic E-state index is 14.1. The van der Waals surface area contributed by atoms with Crippen LogP contribution in [0.2, 0.25) is 0 Å². The van der Waals surface area contributed by atoms with Gasteiger partial charge in [-0.1, -0.05) is 0 Å². The Hall–Kier alpha value is -2.97. The number of benzene rings is 1.